The Hall–Kier alpha value is -4.45. The minimum absolute atomic E-state index is 0.0195. The minimum atomic E-state index is -4.65. The number of amides is 4. The van der Waals surface area contributed by atoms with Gasteiger partial charge in [0.1, 0.15) is 39.9 Å². The molecular formula is C35H39F3N6O7S2. The van der Waals surface area contributed by atoms with Gasteiger partial charge in [0.05, 0.1) is 24.4 Å². The number of thiazole rings is 1. The zero-order valence-electron chi connectivity index (χ0n) is 29.2. The Bertz CT molecular complexity index is 2100. The van der Waals surface area contributed by atoms with Crippen molar-refractivity contribution in [3.63, 3.8) is 0 Å². The van der Waals surface area contributed by atoms with Gasteiger partial charge in [0.2, 0.25) is 15.9 Å². The number of urea groups is 1. The van der Waals surface area contributed by atoms with E-state index in [1.165, 1.54) is 18.1 Å². The van der Waals surface area contributed by atoms with E-state index in [0.717, 1.165) is 23.1 Å². The Morgan fingerprint density at radius 3 is 2.62 bits per heavy atom. The van der Waals surface area contributed by atoms with Gasteiger partial charge >= 0.3 is 12.2 Å². The Kier molecular flexibility index (Phi) is 9.57. The molecule has 13 nitrogen and oxygen atoms in total. The van der Waals surface area contributed by atoms with E-state index < -0.39 is 62.7 Å². The number of halogens is 3. The topological polar surface area (TPSA) is 160 Å². The first kappa shape index (κ1) is 36.9. The SMILES string of the molecule is COc1ccc2c(O[C@H]3C[C@H]4C(=O)N(C)CCCC/C=C\[C@@H]5C[C@@]5(C(=O)NS(=O)(=O)C5CC5)NC(=O)N4C3)cc(-c3nc(C(F)(F)F)cs3)nc2c1C. The van der Waals surface area contributed by atoms with Crippen molar-refractivity contribution in [3.05, 3.63) is 47.0 Å². The first-order valence-corrected chi connectivity index (χ1v) is 19.8. The molecular weight excluding hydrogens is 738 g/mol. The highest BCUT2D eigenvalue weighted by Crippen LogP contribution is 2.46. The minimum Gasteiger partial charge on any atom is -0.496 e. The van der Waals surface area contributed by atoms with E-state index in [4.69, 9.17) is 9.47 Å². The van der Waals surface area contributed by atoms with E-state index in [1.54, 1.807) is 31.0 Å². The van der Waals surface area contributed by atoms with Crippen LogP contribution in [0.3, 0.4) is 0 Å². The average Bonchev–Trinajstić information content (AvgIpc) is 3.98. The molecule has 18 heteroatoms. The Labute approximate surface area is 308 Å². The van der Waals surface area contributed by atoms with Gasteiger partial charge in [-0.2, -0.15) is 13.2 Å². The van der Waals surface area contributed by atoms with Crippen LogP contribution in [0.1, 0.15) is 56.2 Å². The zero-order valence-corrected chi connectivity index (χ0v) is 30.9. The summed E-state index contributed by atoms with van der Waals surface area (Å²) in [6.45, 7) is 2.13. The quantitative estimate of drug-likeness (QED) is 0.322. The standard InChI is InChI=1S/C35H39F3N6O7S2/c1-19-26(50-3)12-11-23-27(15-24(39-29(19)23)30-40-28(18-52-30)35(36,37)38)51-21-14-25-31(45)43(2)13-7-5-4-6-8-20-16-34(20,41-33(47)44(25)17-21)32(46)42-53(48,49)22-9-10-22/h6,8,11-12,15,18,20-22,25H,4-5,7,9-10,13-14,16-17H2,1-3H3,(H,41,47)(H,42,46)/b8-6-/t20-,21+,25+,34-/m1/s1. The highest BCUT2D eigenvalue weighted by Gasteiger charge is 2.62. The molecule has 284 valence electrons. The third-order valence-corrected chi connectivity index (χ3v) is 13.0. The number of hydrogen-bond donors (Lipinski definition) is 2. The summed E-state index contributed by atoms with van der Waals surface area (Å²) in [4.78, 5) is 52.9. The lowest BCUT2D eigenvalue weighted by molar-refractivity contribution is -0.140. The van der Waals surface area contributed by atoms with Gasteiger partial charge in [0.25, 0.3) is 5.91 Å². The number of alkyl halides is 3. The van der Waals surface area contributed by atoms with Gasteiger partial charge in [-0.25, -0.2) is 23.2 Å². The van der Waals surface area contributed by atoms with E-state index in [1.807, 2.05) is 12.2 Å². The van der Waals surface area contributed by atoms with Crippen molar-refractivity contribution < 1.29 is 45.4 Å². The van der Waals surface area contributed by atoms with E-state index in [0.29, 0.717) is 54.4 Å². The number of hydrogen-bond acceptors (Lipinski definition) is 10. The maximum atomic E-state index is 14.1. The van der Waals surface area contributed by atoms with Crippen molar-refractivity contribution in [1.29, 1.82) is 0 Å². The van der Waals surface area contributed by atoms with Crippen molar-refractivity contribution in [2.75, 3.05) is 27.2 Å². The summed E-state index contributed by atoms with van der Waals surface area (Å²) in [7, 11) is -0.753. The molecule has 3 aromatic rings. The number of likely N-dealkylation sites (N-methyl/N-ethyl adjacent to an activating group) is 1. The van der Waals surface area contributed by atoms with E-state index >= 15 is 0 Å². The fraction of sp³-hybridized carbons (Fsp3) is 0.514. The molecule has 2 aliphatic heterocycles. The molecule has 2 N–H and O–H groups in total. The zero-order chi connectivity index (χ0) is 37.9. The smallest absolute Gasteiger partial charge is 0.434 e. The van der Waals surface area contributed by atoms with Crippen LogP contribution in [0, 0.1) is 12.8 Å². The highest BCUT2D eigenvalue weighted by molar-refractivity contribution is 7.91. The second-order valence-electron chi connectivity index (χ2n) is 14.0. The molecule has 1 aromatic carbocycles. The summed E-state index contributed by atoms with van der Waals surface area (Å²) in [5.41, 5.74) is -1.41. The predicted octanol–water partition coefficient (Wildman–Crippen LogP) is 4.79. The summed E-state index contributed by atoms with van der Waals surface area (Å²) in [6, 6.07) is 3.21. The van der Waals surface area contributed by atoms with Crippen LogP contribution in [-0.4, -0.2) is 96.2 Å². The third kappa shape index (κ3) is 7.26. The van der Waals surface area contributed by atoms with Gasteiger partial charge < -0.3 is 24.6 Å². The van der Waals surface area contributed by atoms with Gasteiger partial charge in [-0.1, -0.05) is 12.2 Å². The molecule has 7 rings (SSSR count). The van der Waals surface area contributed by atoms with Gasteiger partial charge in [-0.05, 0) is 57.6 Å². The van der Waals surface area contributed by atoms with Crippen molar-refractivity contribution in [2.24, 2.45) is 5.92 Å². The molecule has 1 saturated heterocycles. The molecule has 4 heterocycles. The molecule has 2 aliphatic carbocycles. The monoisotopic (exact) mass is 776 g/mol. The molecule has 0 radical (unpaired) electrons. The number of benzene rings is 1. The predicted molar refractivity (Wildman–Crippen MR) is 189 cm³/mol. The molecule has 2 aromatic heterocycles. The number of nitrogens with zero attached hydrogens (tertiary/aromatic N) is 4. The van der Waals surface area contributed by atoms with Crippen LogP contribution in [0.4, 0.5) is 18.0 Å². The van der Waals surface area contributed by atoms with Crippen LogP contribution < -0.4 is 19.5 Å². The summed E-state index contributed by atoms with van der Waals surface area (Å²) in [5, 5.41) is 3.62. The number of sulfonamides is 1. The molecule has 0 bridgehead atoms. The van der Waals surface area contributed by atoms with Crippen LogP contribution in [0.5, 0.6) is 11.5 Å². The number of aryl methyl sites for hydroxylation is 1. The molecule has 4 amide bonds. The number of ether oxygens (including phenoxy) is 2. The highest BCUT2D eigenvalue weighted by atomic mass is 32.2. The summed E-state index contributed by atoms with van der Waals surface area (Å²) >= 11 is 0.785. The molecule has 3 fully saturated rings. The lowest BCUT2D eigenvalue weighted by atomic mass is 10.1. The second-order valence-corrected chi connectivity index (χ2v) is 16.9. The maximum absolute atomic E-state index is 14.1. The average molecular weight is 777 g/mol. The first-order chi connectivity index (χ1) is 25.1. The van der Waals surface area contributed by atoms with Gasteiger partial charge in [0.15, 0.2) is 5.69 Å². The number of rotatable bonds is 7. The number of aromatic nitrogens is 2. The first-order valence-electron chi connectivity index (χ1n) is 17.4. The fourth-order valence-corrected chi connectivity index (χ4v) is 9.16. The Balaban J connectivity index is 1.21. The molecule has 0 spiro atoms. The number of fused-ring (bicyclic) bond motifs is 3. The van der Waals surface area contributed by atoms with E-state index in [2.05, 4.69) is 20.0 Å². The van der Waals surface area contributed by atoms with Crippen LogP contribution >= 0.6 is 11.3 Å². The van der Waals surface area contributed by atoms with Crippen LogP contribution in [0.25, 0.3) is 21.6 Å². The van der Waals surface area contributed by atoms with E-state index in [-0.39, 0.29) is 41.7 Å². The van der Waals surface area contributed by atoms with Crippen molar-refractivity contribution in [3.8, 4) is 22.2 Å². The molecule has 4 aliphatic rings. The number of allylic oxidation sites excluding steroid dienone is 1. The van der Waals surface area contributed by atoms with Crippen LogP contribution in [0.2, 0.25) is 0 Å². The van der Waals surface area contributed by atoms with E-state index in [9.17, 15) is 36.0 Å². The second kappa shape index (κ2) is 13.8. The van der Waals surface area contributed by atoms with Crippen molar-refractivity contribution >= 4 is 50.1 Å². The largest absolute Gasteiger partial charge is 0.496 e. The molecule has 4 atom stereocenters. The number of carbonyl (C=O) groups excluding carboxylic acids is 3. The summed E-state index contributed by atoms with van der Waals surface area (Å²) in [5.74, 6) is -0.833. The molecule has 2 saturated carbocycles. The van der Waals surface area contributed by atoms with Crippen LogP contribution in [-0.2, 0) is 25.8 Å². The van der Waals surface area contributed by atoms with Crippen molar-refractivity contribution in [2.45, 2.75) is 81.0 Å². The number of methoxy groups -OCH3 is 1. The number of pyridine rings is 1. The normalized spacial score (nSPS) is 26.0. The Morgan fingerprint density at radius 2 is 1.92 bits per heavy atom. The molecule has 0 unspecified atom stereocenters. The number of carbonyl (C=O) groups is 3. The van der Waals surface area contributed by atoms with Crippen molar-refractivity contribution in [1.82, 2.24) is 29.8 Å². The number of nitrogens with one attached hydrogen (secondary N) is 2. The van der Waals surface area contributed by atoms with Gasteiger partial charge in [-0.3, -0.25) is 14.3 Å². The van der Waals surface area contributed by atoms with Crippen LogP contribution in [0.15, 0.2) is 35.7 Å². The lowest BCUT2D eigenvalue weighted by Crippen LogP contribution is -2.57. The molecule has 53 heavy (non-hydrogen) atoms. The lowest BCUT2D eigenvalue weighted by Gasteiger charge is -2.30. The fourth-order valence-electron chi connectivity index (χ4n) is 7.01. The Morgan fingerprint density at radius 1 is 1.15 bits per heavy atom. The third-order valence-electron chi connectivity index (χ3n) is 10.3. The summed E-state index contributed by atoms with van der Waals surface area (Å²) < 4.78 is 80.1. The van der Waals surface area contributed by atoms with Gasteiger partial charge in [0, 0.05) is 48.3 Å². The maximum Gasteiger partial charge on any atom is 0.434 e. The van der Waals surface area contributed by atoms with Gasteiger partial charge in [-0.15, -0.1) is 11.3 Å². The summed E-state index contributed by atoms with van der Waals surface area (Å²) in [6.07, 6.45) is 1.66.